The van der Waals surface area contributed by atoms with Crippen molar-refractivity contribution >= 4 is 23.7 Å². The van der Waals surface area contributed by atoms with Gasteiger partial charge in [0.2, 0.25) is 0 Å². The van der Waals surface area contributed by atoms with E-state index < -0.39 is 0 Å². The summed E-state index contributed by atoms with van der Waals surface area (Å²) in [6.07, 6.45) is 8.41. The second-order valence-electron chi connectivity index (χ2n) is 6.13. The molecule has 1 atom stereocenters. The highest BCUT2D eigenvalue weighted by molar-refractivity contribution is 7.10. The van der Waals surface area contributed by atoms with E-state index in [1.165, 1.54) is 49.6 Å². The van der Waals surface area contributed by atoms with E-state index >= 15 is 0 Å². The molecule has 4 nitrogen and oxygen atoms in total. The average molecular weight is 325 g/mol. The molecule has 1 unspecified atom stereocenters. The SMILES string of the molecule is Cl.c1cn(-c2csc(CN3CCC4(CCNC4)C3)c2)cn1. The van der Waals surface area contributed by atoms with E-state index in [2.05, 4.69) is 31.2 Å². The number of imidazole rings is 1. The van der Waals surface area contributed by atoms with E-state index in [-0.39, 0.29) is 12.4 Å². The van der Waals surface area contributed by atoms with Crippen LogP contribution in [0.3, 0.4) is 0 Å². The van der Waals surface area contributed by atoms with Gasteiger partial charge in [-0.25, -0.2) is 4.98 Å². The number of aromatic nitrogens is 2. The van der Waals surface area contributed by atoms with Gasteiger partial charge < -0.3 is 9.88 Å². The first-order chi connectivity index (χ1) is 9.83. The van der Waals surface area contributed by atoms with Crippen LogP contribution in [0, 0.1) is 5.41 Å². The quantitative estimate of drug-likeness (QED) is 0.942. The lowest BCUT2D eigenvalue weighted by Gasteiger charge is -2.22. The summed E-state index contributed by atoms with van der Waals surface area (Å²) in [5.74, 6) is 0. The highest BCUT2D eigenvalue weighted by Crippen LogP contribution is 2.37. The summed E-state index contributed by atoms with van der Waals surface area (Å²) in [5.41, 5.74) is 1.81. The minimum absolute atomic E-state index is 0. The third-order valence-corrected chi connectivity index (χ3v) is 5.58. The molecule has 2 aromatic heterocycles. The third kappa shape index (κ3) is 3.01. The summed E-state index contributed by atoms with van der Waals surface area (Å²) in [7, 11) is 0. The molecule has 1 spiro atoms. The zero-order valence-corrected chi connectivity index (χ0v) is 13.6. The van der Waals surface area contributed by atoms with Crippen molar-refractivity contribution in [3.05, 3.63) is 35.0 Å². The van der Waals surface area contributed by atoms with Crippen LogP contribution in [-0.2, 0) is 6.54 Å². The van der Waals surface area contributed by atoms with Crippen molar-refractivity contribution in [2.24, 2.45) is 5.41 Å². The first-order valence-electron chi connectivity index (χ1n) is 7.32. The molecule has 2 aromatic rings. The zero-order valence-electron chi connectivity index (χ0n) is 12.0. The Morgan fingerprint density at radius 2 is 2.33 bits per heavy atom. The van der Waals surface area contributed by atoms with E-state index in [1.54, 1.807) is 0 Å². The van der Waals surface area contributed by atoms with Crippen LogP contribution in [-0.4, -0.2) is 40.6 Å². The second kappa shape index (κ2) is 6.08. The zero-order chi connectivity index (χ0) is 13.4. The van der Waals surface area contributed by atoms with E-state index in [1.807, 2.05) is 30.1 Å². The number of likely N-dealkylation sites (tertiary alicyclic amines) is 1. The molecule has 0 saturated carbocycles. The minimum Gasteiger partial charge on any atom is -0.316 e. The van der Waals surface area contributed by atoms with E-state index in [0.29, 0.717) is 5.41 Å². The highest BCUT2D eigenvalue weighted by atomic mass is 35.5. The largest absolute Gasteiger partial charge is 0.316 e. The van der Waals surface area contributed by atoms with Crippen LogP contribution >= 0.6 is 23.7 Å². The van der Waals surface area contributed by atoms with Crippen molar-refractivity contribution in [2.75, 3.05) is 26.2 Å². The Morgan fingerprint density at radius 3 is 3.10 bits per heavy atom. The molecular weight excluding hydrogens is 304 g/mol. The second-order valence-corrected chi connectivity index (χ2v) is 7.12. The summed E-state index contributed by atoms with van der Waals surface area (Å²) >= 11 is 1.86. The standard InChI is InChI=1S/C15H20N4S.ClH/c1-3-16-10-15(1)2-5-18(11-15)8-14-7-13(9-20-14)19-6-4-17-12-19;/h4,6-7,9,12,16H,1-3,5,8,10-11H2;1H. The molecule has 6 heteroatoms. The Morgan fingerprint density at radius 1 is 1.38 bits per heavy atom. The van der Waals surface area contributed by atoms with Crippen LogP contribution < -0.4 is 5.32 Å². The molecule has 4 rings (SSSR count). The van der Waals surface area contributed by atoms with Crippen molar-refractivity contribution in [3.8, 4) is 5.69 Å². The lowest BCUT2D eigenvalue weighted by molar-refractivity contribution is 0.270. The fourth-order valence-corrected chi connectivity index (χ4v) is 4.43. The lowest BCUT2D eigenvalue weighted by atomic mass is 9.87. The molecule has 4 heterocycles. The maximum atomic E-state index is 4.11. The Bertz CT molecular complexity index is 574. The first kappa shape index (κ1) is 15.0. The van der Waals surface area contributed by atoms with Gasteiger partial charge in [0.1, 0.15) is 0 Å². The molecule has 114 valence electrons. The summed E-state index contributed by atoms with van der Waals surface area (Å²) in [5, 5.41) is 5.75. The fraction of sp³-hybridized carbons (Fsp3) is 0.533. The molecular formula is C15H21ClN4S. The van der Waals surface area contributed by atoms with Crippen molar-refractivity contribution < 1.29 is 0 Å². The van der Waals surface area contributed by atoms with Crippen molar-refractivity contribution in [3.63, 3.8) is 0 Å². The first-order valence-corrected chi connectivity index (χ1v) is 8.20. The molecule has 1 N–H and O–H groups in total. The molecule has 21 heavy (non-hydrogen) atoms. The molecule has 0 aliphatic carbocycles. The Labute approximate surface area is 135 Å². The number of hydrogen-bond donors (Lipinski definition) is 1. The van der Waals surface area contributed by atoms with Crippen LogP contribution in [0.2, 0.25) is 0 Å². The summed E-state index contributed by atoms with van der Waals surface area (Å²) in [6.45, 7) is 6.03. The van der Waals surface area contributed by atoms with Crippen molar-refractivity contribution in [1.82, 2.24) is 19.8 Å². The highest BCUT2D eigenvalue weighted by Gasteiger charge is 2.40. The number of thiophene rings is 1. The molecule has 2 aliphatic heterocycles. The van der Waals surface area contributed by atoms with Gasteiger partial charge in [0.15, 0.2) is 0 Å². The Hall–Kier alpha value is -0.880. The summed E-state index contributed by atoms with van der Waals surface area (Å²) in [6, 6.07) is 2.30. The normalized spacial score (nSPS) is 25.5. The third-order valence-electron chi connectivity index (χ3n) is 4.67. The smallest absolute Gasteiger partial charge is 0.0991 e. The predicted octanol–water partition coefficient (Wildman–Crippen LogP) is 2.54. The van der Waals surface area contributed by atoms with Crippen LogP contribution in [0.25, 0.3) is 5.69 Å². The molecule has 0 radical (unpaired) electrons. The van der Waals surface area contributed by atoms with Crippen LogP contribution in [0.4, 0.5) is 0 Å². The van der Waals surface area contributed by atoms with Gasteiger partial charge in [-0.1, -0.05) is 0 Å². The van der Waals surface area contributed by atoms with Gasteiger partial charge in [0.25, 0.3) is 0 Å². The summed E-state index contributed by atoms with van der Waals surface area (Å²) in [4.78, 5) is 8.19. The molecule has 2 aliphatic rings. The molecule has 2 saturated heterocycles. The van der Waals surface area contributed by atoms with Crippen LogP contribution in [0.15, 0.2) is 30.2 Å². The average Bonchev–Trinajstić information content (AvgIpc) is 3.21. The minimum atomic E-state index is 0. The van der Waals surface area contributed by atoms with Gasteiger partial charge in [-0.05, 0) is 37.4 Å². The maximum Gasteiger partial charge on any atom is 0.0991 e. The Kier molecular flexibility index (Phi) is 4.36. The van der Waals surface area contributed by atoms with E-state index in [9.17, 15) is 0 Å². The van der Waals surface area contributed by atoms with Crippen LogP contribution in [0.5, 0.6) is 0 Å². The molecule has 0 aromatic carbocycles. The number of halogens is 1. The molecule has 0 bridgehead atoms. The van der Waals surface area contributed by atoms with Gasteiger partial charge in [-0.2, -0.15) is 0 Å². The van der Waals surface area contributed by atoms with Gasteiger partial charge in [-0.15, -0.1) is 23.7 Å². The number of nitrogens with one attached hydrogen (secondary N) is 1. The maximum absolute atomic E-state index is 4.11. The van der Waals surface area contributed by atoms with Crippen molar-refractivity contribution in [1.29, 1.82) is 0 Å². The van der Waals surface area contributed by atoms with Crippen LogP contribution in [0.1, 0.15) is 17.7 Å². The van der Waals surface area contributed by atoms with Gasteiger partial charge in [-0.3, -0.25) is 4.90 Å². The van der Waals surface area contributed by atoms with E-state index in [4.69, 9.17) is 0 Å². The number of rotatable bonds is 3. The van der Waals surface area contributed by atoms with E-state index in [0.717, 1.165) is 6.54 Å². The number of hydrogen-bond acceptors (Lipinski definition) is 4. The topological polar surface area (TPSA) is 33.1 Å². The predicted molar refractivity (Wildman–Crippen MR) is 88.5 cm³/mol. The van der Waals surface area contributed by atoms with Crippen molar-refractivity contribution in [2.45, 2.75) is 19.4 Å². The summed E-state index contributed by atoms with van der Waals surface area (Å²) < 4.78 is 2.08. The fourth-order valence-electron chi connectivity index (χ4n) is 3.53. The van der Waals surface area contributed by atoms with Gasteiger partial charge in [0.05, 0.1) is 12.0 Å². The molecule has 2 fully saturated rings. The van der Waals surface area contributed by atoms with Gasteiger partial charge in [0, 0.05) is 42.3 Å². The van der Waals surface area contributed by atoms with Gasteiger partial charge >= 0.3 is 0 Å². The monoisotopic (exact) mass is 324 g/mol. The number of nitrogens with zero attached hydrogens (tertiary/aromatic N) is 3. The Balaban J connectivity index is 0.00000132. The lowest BCUT2D eigenvalue weighted by Crippen LogP contribution is -2.28. The molecule has 0 amide bonds.